The highest BCUT2D eigenvalue weighted by Gasteiger charge is 2.11. The summed E-state index contributed by atoms with van der Waals surface area (Å²) < 4.78 is 15.5. The minimum Gasteiger partial charge on any atom is -0.465 e. The van der Waals surface area contributed by atoms with Crippen LogP contribution in [0.2, 0.25) is 0 Å². The molecule has 0 radical (unpaired) electrons. The third kappa shape index (κ3) is 9.62. The number of amides is 1. The summed E-state index contributed by atoms with van der Waals surface area (Å²) in [4.78, 5) is 22.5. The monoisotopic (exact) mass is 325 g/mol. The molecule has 0 saturated heterocycles. The molecule has 1 rings (SSSR count). The number of aldehydes is 1. The molecule has 0 saturated carbocycles. The summed E-state index contributed by atoms with van der Waals surface area (Å²) in [5, 5.41) is 9.19. The Kier molecular flexibility index (Phi) is 10.4. The molecule has 7 heteroatoms. The number of rotatable bonds is 13. The van der Waals surface area contributed by atoms with Gasteiger partial charge in [0.05, 0.1) is 33.0 Å². The van der Waals surface area contributed by atoms with E-state index < -0.39 is 6.09 Å². The third-order valence-electron chi connectivity index (χ3n) is 2.92. The lowest BCUT2D eigenvalue weighted by molar-refractivity contribution is -0.112. The second-order valence-corrected chi connectivity index (χ2v) is 4.66. The average Bonchev–Trinajstić information content (AvgIpc) is 2.56. The van der Waals surface area contributed by atoms with Crippen molar-refractivity contribution < 1.29 is 28.9 Å². The van der Waals surface area contributed by atoms with Crippen LogP contribution >= 0.6 is 0 Å². The minimum absolute atomic E-state index is 0.0757. The quantitative estimate of drug-likeness (QED) is 0.436. The summed E-state index contributed by atoms with van der Waals surface area (Å²) in [5.74, 6) is 0. The van der Waals surface area contributed by atoms with Crippen LogP contribution in [0.5, 0.6) is 0 Å². The van der Waals surface area contributed by atoms with Gasteiger partial charge in [-0.3, -0.25) is 0 Å². The number of carbonyl (C=O) groups is 2. The van der Waals surface area contributed by atoms with Crippen LogP contribution in [0.4, 0.5) is 4.79 Å². The van der Waals surface area contributed by atoms with Crippen molar-refractivity contribution >= 4 is 12.4 Å². The summed E-state index contributed by atoms with van der Waals surface area (Å²) in [5.41, 5.74) is 0.938. The molecule has 0 bridgehead atoms. The molecule has 1 N–H and O–H groups in total. The van der Waals surface area contributed by atoms with Gasteiger partial charge in [0.25, 0.3) is 0 Å². The maximum atomic E-state index is 11.2. The first-order valence-corrected chi connectivity index (χ1v) is 7.42. The Morgan fingerprint density at radius 1 is 1.00 bits per heavy atom. The van der Waals surface area contributed by atoms with Crippen LogP contribution in [0.25, 0.3) is 0 Å². The van der Waals surface area contributed by atoms with E-state index in [-0.39, 0.29) is 6.61 Å². The topological polar surface area (TPSA) is 85.3 Å². The van der Waals surface area contributed by atoms with Crippen molar-refractivity contribution in [2.75, 3.05) is 46.2 Å². The number of hydrogen-bond donors (Lipinski definition) is 1. The zero-order valence-corrected chi connectivity index (χ0v) is 13.1. The number of carboxylic acid groups (broad SMARTS) is 1. The van der Waals surface area contributed by atoms with E-state index in [0.717, 1.165) is 5.56 Å². The highest BCUT2D eigenvalue weighted by Crippen LogP contribution is 2.04. The van der Waals surface area contributed by atoms with Gasteiger partial charge in [0, 0.05) is 13.1 Å². The highest BCUT2D eigenvalue weighted by molar-refractivity contribution is 5.65. The van der Waals surface area contributed by atoms with Gasteiger partial charge >= 0.3 is 6.09 Å². The molecule has 0 unspecified atom stereocenters. The van der Waals surface area contributed by atoms with Crippen LogP contribution in [0.15, 0.2) is 30.3 Å². The predicted octanol–water partition coefficient (Wildman–Crippen LogP) is 1.42. The maximum Gasteiger partial charge on any atom is 0.407 e. The first-order valence-electron chi connectivity index (χ1n) is 7.42. The smallest absolute Gasteiger partial charge is 0.407 e. The van der Waals surface area contributed by atoms with E-state index in [1.807, 2.05) is 30.3 Å². The van der Waals surface area contributed by atoms with Crippen LogP contribution in [-0.2, 0) is 25.5 Å². The predicted molar refractivity (Wildman–Crippen MR) is 83.4 cm³/mol. The van der Waals surface area contributed by atoms with E-state index in [0.29, 0.717) is 52.4 Å². The minimum atomic E-state index is -0.971. The molecule has 0 fully saturated rings. The molecule has 0 atom stereocenters. The Balaban J connectivity index is 2.07. The standard InChI is InChI=1S/C16H23NO6/c18-7-9-22-11-13-23-12-10-21-8-6-17(16(19)20)14-15-4-2-1-3-5-15/h1-5,7H,6,8-14H2,(H,19,20). The molecular weight excluding hydrogens is 302 g/mol. The van der Waals surface area contributed by atoms with E-state index in [2.05, 4.69) is 0 Å². The van der Waals surface area contributed by atoms with Crippen LogP contribution in [0, 0.1) is 0 Å². The molecule has 1 aromatic rings. The fourth-order valence-corrected chi connectivity index (χ4v) is 1.79. The van der Waals surface area contributed by atoms with Crippen molar-refractivity contribution in [1.82, 2.24) is 4.90 Å². The van der Waals surface area contributed by atoms with Crippen LogP contribution in [0.1, 0.15) is 5.56 Å². The van der Waals surface area contributed by atoms with Gasteiger partial charge in [0.2, 0.25) is 0 Å². The molecule has 0 aliphatic rings. The van der Waals surface area contributed by atoms with Gasteiger partial charge in [-0.05, 0) is 5.56 Å². The molecule has 1 aromatic carbocycles. The van der Waals surface area contributed by atoms with Gasteiger partial charge in [0.15, 0.2) is 0 Å². The Morgan fingerprint density at radius 2 is 1.61 bits per heavy atom. The maximum absolute atomic E-state index is 11.2. The van der Waals surface area contributed by atoms with Gasteiger partial charge in [-0.15, -0.1) is 0 Å². The van der Waals surface area contributed by atoms with Crippen molar-refractivity contribution in [3.05, 3.63) is 35.9 Å². The van der Waals surface area contributed by atoms with E-state index in [1.165, 1.54) is 4.90 Å². The van der Waals surface area contributed by atoms with Crippen LogP contribution < -0.4 is 0 Å². The van der Waals surface area contributed by atoms with Gasteiger partial charge in [-0.2, -0.15) is 0 Å². The fraction of sp³-hybridized carbons (Fsp3) is 0.500. The number of hydrogen-bond acceptors (Lipinski definition) is 5. The van der Waals surface area contributed by atoms with Crippen molar-refractivity contribution in [2.24, 2.45) is 0 Å². The van der Waals surface area contributed by atoms with Crippen LogP contribution in [0.3, 0.4) is 0 Å². The molecule has 1 amide bonds. The lowest BCUT2D eigenvalue weighted by atomic mass is 10.2. The van der Waals surface area contributed by atoms with E-state index >= 15 is 0 Å². The van der Waals surface area contributed by atoms with Gasteiger partial charge in [-0.25, -0.2) is 4.79 Å². The van der Waals surface area contributed by atoms with Crippen LogP contribution in [-0.4, -0.2) is 68.6 Å². The summed E-state index contributed by atoms with van der Waals surface area (Å²) in [6.45, 7) is 2.56. The average molecular weight is 325 g/mol. The molecule has 7 nitrogen and oxygen atoms in total. The summed E-state index contributed by atoms with van der Waals surface area (Å²) in [6, 6.07) is 9.42. The largest absolute Gasteiger partial charge is 0.465 e. The number of nitrogens with zero attached hydrogens (tertiary/aromatic N) is 1. The SMILES string of the molecule is O=CCOCCOCCOCCN(Cc1ccccc1)C(=O)O. The number of ether oxygens (including phenoxy) is 3. The van der Waals surface area contributed by atoms with Crippen molar-refractivity contribution in [1.29, 1.82) is 0 Å². The lowest BCUT2D eigenvalue weighted by Crippen LogP contribution is -2.32. The Labute approximate surface area is 135 Å². The second-order valence-electron chi connectivity index (χ2n) is 4.66. The van der Waals surface area contributed by atoms with Crippen molar-refractivity contribution in [2.45, 2.75) is 6.54 Å². The van der Waals surface area contributed by atoms with E-state index in [9.17, 15) is 14.7 Å². The molecule has 0 aliphatic heterocycles. The van der Waals surface area contributed by atoms with Crippen molar-refractivity contribution in [3.63, 3.8) is 0 Å². The zero-order chi connectivity index (χ0) is 16.8. The van der Waals surface area contributed by atoms with Gasteiger partial charge in [0.1, 0.15) is 12.9 Å². The fourth-order valence-electron chi connectivity index (χ4n) is 1.79. The molecule has 0 aromatic heterocycles. The molecule has 0 spiro atoms. The third-order valence-corrected chi connectivity index (χ3v) is 2.92. The summed E-state index contributed by atoms with van der Waals surface area (Å²) in [6.07, 6.45) is -0.284. The molecule has 0 aliphatic carbocycles. The molecule has 23 heavy (non-hydrogen) atoms. The Hall–Kier alpha value is -1.96. The summed E-state index contributed by atoms with van der Waals surface area (Å²) in [7, 11) is 0. The normalized spacial score (nSPS) is 10.4. The van der Waals surface area contributed by atoms with E-state index in [4.69, 9.17) is 14.2 Å². The zero-order valence-electron chi connectivity index (χ0n) is 13.1. The first-order chi connectivity index (χ1) is 11.2. The summed E-state index contributed by atoms with van der Waals surface area (Å²) >= 11 is 0. The number of benzene rings is 1. The van der Waals surface area contributed by atoms with Gasteiger partial charge in [-0.1, -0.05) is 30.3 Å². The second kappa shape index (κ2) is 12.6. The lowest BCUT2D eigenvalue weighted by Gasteiger charge is -2.19. The van der Waals surface area contributed by atoms with Gasteiger partial charge < -0.3 is 29.0 Å². The van der Waals surface area contributed by atoms with Crippen molar-refractivity contribution in [3.8, 4) is 0 Å². The van der Waals surface area contributed by atoms with E-state index in [1.54, 1.807) is 0 Å². The number of carbonyl (C=O) groups excluding carboxylic acids is 1. The highest BCUT2D eigenvalue weighted by atomic mass is 16.5. The molecular formula is C16H23NO6. The first kappa shape index (κ1) is 19.1. The Morgan fingerprint density at radius 3 is 2.22 bits per heavy atom. The Bertz CT molecular complexity index is 439. The molecule has 128 valence electrons. The molecule has 0 heterocycles.